The second-order valence-corrected chi connectivity index (χ2v) is 0.525. The molecule has 0 fully saturated rings. The summed E-state index contributed by atoms with van der Waals surface area (Å²) in [4.78, 5) is 0. The molecule has 0 rings (SSSR count). The Morgan fingerprint density at radius 3 is 1.20 bits per heavy atom. The Balaban J connectivity index is -0.0000000200. The fourth-order valence-electron chi connectivity index (χ4n) is 0. The van der Waals surface area contributed by atoms with Crippen molar-refractivity contribution in [2.75, 3.05) is 0 Å². The van der Waals surface area contributed by atoms with Gasteiger partial charge in [0.1, 0.15) is 0 Å². The van der Waals surface area contributed by atoms with Gasteiger partial charge in [-0.1, -0.05) is 0 Å². The first-order valence-electron chi connectivity index (χ1n) is 0.309. The van der Waals surface area contributed by atoms with E-state index in [0.29, 0.717) is 0 Å². The summed E-state index contributed by atoms with van der Waals surface area (Å²) in [5.41, 5.74) is 0. The maximum absolute atomic E-state index is 4.26. The van der Waals surface area contributed by atoms with E-state index in [1.807, 2.05) is 0 Å². The van der Waals surface area contributed by atoms with Gasteiger partial charge in [0.25, 0.3) is 0 Å². The Labute approximate surface area is 82.9 Å². The molecule has 0 bridgehead atoms. The van der Waals surface area contributed by atoms with Crippen molar-refractivity contribution in [3.63, 3.8) is 0 Å². The van der Waals surface area contributed by atoms with E-state index >= 15 is 0 Å². The Morgan fingerprint density at radius 2 is 1.20 bits per heavy atom. The standard InChI is InChI=1S/Ca.Cl2O.Li.3H/c;1-3-2;;;;. The molecule has 0 radical (unpaired) electrons. The van der Waals surface area contributed by atoms with Gasteiger partial charge in [-0.2, -0.15) is 3.84 Å². The van der Waals surface area contributed by atoms with Gasteiger partial charge in [-0.3, -0.25) is 0 Å². The zero-order chi connectivity index (χ0) is 2.71. The van der Waals surface area contributed by atoms with E-state index in [4.69, 9.17) is 0 Å². The molecule has 0 saturated carbocycles. The Kier molecular flexibility index (Phi) is 50.6. The van der Waals surface area contributed by atoms with Crippen molar-refractivity contribution in [2.45, 2.75) is 0 Å². The number of hydrogen-bond acceptors (Lipinski definition) is 1. The third kappa shape index (κ3) is 21.5. The van der Waals surface area contributed by atoms with E-state index < -0.39 is 0 Å². The van der Waals surface area contributed by atoms with Crippen molar-refractivity contribution < 1.29 is 3.84 Å². The molecule has 0 atom stereocenters. The van der Waals surface area contributed by atoms with Gasteiger partial charge in [-0.15, -0.1) is 0 Å². The van der Waals surface area contributed by atoms with E-state index in [1.54, 1.807) is 0 Å². The minimum absolute atomic E-state index is 0. The summed E-state index contributed by atoms with van der Waals surface area (Å²) < 4.78 is 3.19. The second-order valence-electron chi connectivity index (χ2n) is 0.0583. The molecule has 26 valence electrons. The summed E-state index contributed by atoms with van der Waals surface area (Å²) in [6, 6.07) is 0. The Bertz CT molecular complexity index is 9.61. The topological polar surface area (TPSA) is 9.23 Å². The van der Waals surface area contributed by atoms with Crippen LogP contribution in [-0.4, -0.2) is 56.6 Å². The Hall–Kier alpha value is 2.40. The molecule has 0 aliphatic carbocycles. The molecule has 0 amide bonds. The zero-order valence-corrected chi connectivity index (χ0v) is 2.68. The number of hydrogen-bond donors (Lipinski definition) is 0. The molecule has 5 heavy (non-hydrogen) atoms. The second kappa shape index (κ2) is 16.1. The molecule has 0 aliphatic heterocycles. The monoisotopic (exact) mass is 136 g/mol. The van der Waals surface area contributed by atoms with Crippen molar-refractivity contribution in [3.05, 3.63) is 0 Å². The first-order valence-corrected chi connectivity index (χ1v) is 0.926. The quantitative estimate of drug-likeness (QED) is 0.418. The average molecular weight is 137 g/mol. The van der Waals surface area contributed by atoms with Gasteiger partial charge in [0.15, 0.2) is 0 Å². The first kappa shape index (κ1) is 15.7. The summed E-state index contributed by atoms with van der Waals surface area (Å²) >= 11 is 8.53. The van der Waals surface area contributed by atoms with Crippen LogP contribution in [0.4, 0.5) is 0 Å². The third-order valence-electron chi connectivity index (χ3n) is 0. The molecule has 0 N–H and O–H groups in total. The van der Waals surface area contributed by atoms with E-state index in [9.17, 15) is 0 Å². The molecule has 0 aromatic heterocycles. The van der Waals surface area contributed by atoms with Gasteiger partial charge >= 0.3 is 56.6 Å². The summed E-state index contributed by atoms with van der Waals surface area (Å²) in [7, 11) is 0. The van der Waals surface area contributed by atoms with Crippen LogP contribution in [0.1, 0.15) is 0 Å². The molecule has 0 unspecified atom stereocenters. The van der Waals surface area contributed by atoms with Crippen molar-refractivity contribution in [1.29, 1.82) is 0 Å². The van der Waals surface area contributed by atoms with Crippen LogP contribution >= 0.6 is 23.7 Å². The van der Waals surface area contributed by atoms with E-state index in [1.165, 1.54) is 0 Å². The van der Waals surface area contributed by atoms with Crippen LogP contribution in [0.5, 0.6) is 0 Å². The van der Waals surface area contributed by atoms with Gasteiger partial charge in [0.05, 0.1) is 23.7 Å². The van der Waals surface area contributed by atoms with E-state index in [2.05, 4.69) is 27.6 Å². The number of rotatable bonds is 0. The van der Waals surface area contributed by atoms with Gasteiger partial charge in [-0.05, 0) is 0 Å². The normalized spacial score (nSPS) is 3.60. The molecule has 0 aromatic carbocycles. The van der Waals surface area contributed by atoms with Crippen LogP contribution < -0.4 is 0 Å². The third-order valence-corrected chi connectivity index (χ3v) is 0. The van der Waals surface area contributed by atoms with Crippen LogP contribution in [0.3, 0.4) is 0 Å². The van der Waals surface area contributed by atoms with Gasteiger partial charge in [0, 0.05) is 0 Å². The average Bonchev–Trinajstić information content (AvgIpc) is 0.918. The van der Waals surface area contributed by atoms with Crippen molar-refractivity contribution in [1.82, 2.24) is 0 Å². The minimum atomic E-state index is 0. The van der Waals surface area contributed by atoms with E-state index in [0.717, 1.165) is 0 Å². The molecule has 0 aliphatic rings. The van der Waals surface area contributed by atoms with Crippen molar-refractivity contribution in [3.8, 4) is 0 Å². The SMILES string of the molecule is ClOCl.[CaH2].[LiH]. The summed E-state index contributed by atoms with van der Waals surface area (Å²) in [5.74, 6) is 0. The predicted molar refractivity (Wildman–Crippen MR) is 28.5 cm³/mol. The van der Waals surface area contributed by atoms with Crippen molar-refractivity contribution in [2.24, 2.45) is 0 Å². The summed E-state index contributed by atoms with van der Waals surface area (Å²) in [6.07, 6.45) is 0. The molecule has 0 aromatic rings. The van der Waals surface area contributed by atoms with Crippen molar-refractivity contribution >= 4 is 80.3 Å². The molecular formula is H3CaCl2LiO. The van der Waals surface area contributed by atoms with Gasteiger partial charge < -0.3 is 0 Å². The molecule has 1 nitrogen and oxygen atoms in total. The molecule has 0 spiro atoms. The van der Waals surface area contributed by atoms with Crippen LogP contribution in [0.25, 0.3) is 0 Å². The van der Waals surface area contributed by atoms with Crippen LogP contribution in [0.2, 0.25) is 0 Å². The summed E-state index contributed by atoms with van der Waals surface area (Å²) in [6.45, 7) is 0. The van der Waals surface area contributed by atoms with Crippen LogP contribution in [0.15, 0.2) is 0 Å². The van der Waals surface area contributed by atoms with Crippen LogP contribution in [-0.2, 0) is 3.84 Å². The predicted octanol–water partition coefficient (Wildman–Crippen LogP) is -0.254. The number of halogens is 2. The van der Waals surface area contributed by atoms with Gasteiger partial charge in [-0.25, -0.2) is 0 Å². The van der Waals surface area contributed by atoms with Gasteiger partial charge in [0.2, 0.25) is 0 Å². The zero-order valence-electron chi connectivity index (χ0n) is 1.16. The fraction of sp³-hybridized carbons (Fsp3) is 0. The summed E-state index contributed by atoms with van der Waals surface area (Å²) in [5, 5.41) is 0. The fourth-order valence-corrected chi connectivity index (χ4v) is 0. The first-order chi connectivity index (χ1) is 1.41. The maximum atomic E-state index is 4.26. The van der Waals surface area contributed by atoms with Crippen LogP contribution in [0, 0.1) is 0 Å². The molecular weight excluding hydrogens is 134 g/mol. The Morgan fingerprint density at radius 1 is 1.20 bits per heavy atom. The molecule has 5 heteroatoms. The van der Waals surface area contributed by atoms with E-state index in [-0.39, 0.29) is 56.6 Å². The molecule has 0 heterocycles. The molecule has 0 saturated heterocycles.